The summed E-state index contributed by atoms with van der Waals surface area (Å²) in [6.07, 6.45) is 0. The van der Waals surface area contributed by atoms with E-state index >= 15 is 0 Å². The van der Waals surface area contributed by atoms with Crippen LogP contribution in [0.15, 0.2) is 65.1 Å². The number of nitrogens with two attached hydrogens (primary N) is 1. The Morgan fingerprint density at radius 3 is 2.38 bits per heavy atom. The van der Waals surface area contributed by atoms with E-state index in [1.54, 1.807) is 4.52 Å². The van der Waals surface area contributed by atoms with Gasteiger partial charge in [0.15, 0.2) is 5.65 Å². The highest BCUT2D eigenvalue weighted by Crippen LogP contribution is 2.33. The smallest absolute Gasteiger partial charge is 0.172 e. The summed E-state index contributed by atoms with van der Waals surface area (Å²) in [5, 5.41) is 5.27. The molecule has 24 heavy (non-hydrogen) atoms. The van der Waals surface area contributed by atoms with Crippen molar-refractivity contribution in [3.63, 3.8) is 0 Å². The third-order valence-electron chi connectivity index (χ3n) is 3.75. The second-order valence-corrected chi connectivity index (χ2v) is 6.57. The van der Waals surface area contributed by atoms with Crippen molar-refractivity contribution in [3.05, 3.63) is 70.2 Å². The molecule has 0 spiro atoms. The van der Waals surface area contributed by atoms with E-state index < -0.39 is 0 Å². The predicted molar refractivity (Wildman–Crippen MR) is 101 cm³/mol. The fourth-order valence-corrected chi connectivity index (χ4v) is 3.25. The van der Waals surface area contributed by atoms with Crippen LogP contribution in [0.3, 0.4) is 0 Å². The van der Waals surface area contributed by atoms with Crippen LogP contribution in [0.25, 0.3) is 28.2 Å². The van der Waals surface area contributed by atoms with Gasteiger partial charge >= 0.3 is 0 Å². The van der Waals surface area contributed by atoms with Gasteiger partial charge in [-0.05, 0) is 28.1 Å². The summed E-state index contributed by atoms with van der Waals surface area (Å²) in [6, 6.07) is 19.3. The Kier molecular flexibility index (Phi) is 3.75. The van der Waals surface area contributed by atoms with E-state index in [4.69, 9.17) is 22.3 Å². The second kappa shape index (κ2) is 5.92. The number of benzene rings is 2. The lowest BCUT2D eigenvalue weighted by atomic mass is 10.1. The molecule has 0 aliphatic carbocycles. The van der Waals surface area contributed by atoms with Crippen molar-refractivity contribution < 1.29 is 0 Å². The van der Waals surface area contributed by atoms with Gasteiger partial charge in [0.1, 0.15) is 11.5 Å². The zero-order valence-electron chi connectivity index (χ0n) is 12.4. The summed E-state index contributed by atoms with van der Waals surface area (Å²) in [5.41, 5.74) is 10.4. The van der Waals surface area contributed by atoms with Gasteiger partial charge in [0.2, 0.25) is 0 Å². The molecule has 2 heterocycles. The van der Waals surface area contributed by atoms with Crippen molar-refractivity contribution in [2.45, 2.75) is 0 Å². The lowest BCUT2D eigenvalue weighted by molar-refractivity contribution is 0.957. The molecule has 4 nitrogen and oxygen atoms in total. The van der Waals surface area contributed by atoms with Crippen molar-refractivity contribution in [1.29, 1.82) is 0 Å². The summed E-state index contributed by atoms with van der Waals surface area (Å²) in [4.78, 5) is 4.72. The first-order valence-corrected chi connectivity index (χ1v) is 8.47. The summed E-state index contributed by atoms with van der Waals surface area (Å²) < 4.78 is 2.44. The first-order valence-electron chi connectivity index (χ1n) is 7.29. The number of anilines is 1. The Bertz CT molecular complexity index is 1030. The highest BCUT2D eigenvalue weighted by atomic mass is 79.9. The molecule has 2 N–H and O–H groups in total. The molecule has 0 saturated carbocycles. The molecule has 2 aromatic carbocycles. The van der Waals surface area contributed by atoms with E-state index in [1.807, 2.05) is 60.7 Å². The zero-order valence-corrected chi connectivity index (χ0v) is 14.8. The second-order valence-electron chi connectivity index (χ2n) is 5.34. The molecule has 4 aromatic rings. The molecule has 6 heteroatoms. The van der Waals surface area contributed by atoms with Crippen molar-refractivity contribution in [2.75, 3.05) is 5.73 Å². The molecule has 0 unspecified atom stereocenters. The van der Waals surface area contributed by atoms with Gasteiger partial charge in [-0.2, -0.15) is 9.61 Å². The number of rotatable bonds is 2. The SMILES string of the molecule is Nc1cc(-c2ccccc2)nc2c(Br)c(-c3ccc(Cl)cc3)nn12. The molecule has 4 rings (SSSR count). The van der Waals surface area contributed by atoms with Gasteiger partial charge in [-0.25, -0.2) is 4.98 Å². The summed E-state index contributed by atoms with van der Waals surface area (Å²) in [7, 11) is 0. The Balaban J connectivity index is 1.92. The quantitative estimate of drug-likeness (QED) is 0.512. The van der Waals surface area contributed by atoms with Gasteiger partial charge in [-0.15, -0.1) is 0 Å². The van der Waals surface area contributed by atoms with Gasteiger partial charge in [0, 0.05) is 22.2 Å². The van der Waals surface area contributed by atoms with Crippen LogP contribution in [-0.4, -0.2) is 14.6 Å². The molecular formula is C18H12BrClN4. The maximum Gasteiger partial charge on any atom is 0.172 e. The van der Waals surface area contributed by atoms with Crippen LogP contribution in [0.1, 0.15) is 0 Å². The number of hydrogen-bond donors (Lipinski definition) is 1. The molecule has 0 aliphatic rings. The molecular weight excluding hydrogens is 388 g/mol. The Morgan fingerprint density at radius 1 is 0.958 bits per heavy atom. The fraction of sp³-hybridized carbons (Fsp3) is 0. The van der Waals surface area contributed by atoms with E-state index in [1.165, 1.54) is 0 Å². The van der Waals surface area contributed by atoms with Gasteiger partial charge < -0.3 is 5.73 Å². The standard InChI is InChI=1S/C18H12BrClN4/c19-16-17(12-6-8-13(20)9-7-12)23-24-15(21)10-14(22-18(16)24)11-4-2-1-3-5-11/h1-10H,21H2. The molecule has 0 radical (unpaired) electrons. The molecule has 0 saturated heterocycles. The largest absolute Gasteiger partial charge is 0.384 e. The maximum atomic E-state index is 6.20. The van der Waals surface area contributed by atoms with Crippen LogP contribution in [0.4, 0.5) is 5.82 Å². The van der Waals surface area contributed by atoms with Crippen LogP contribution in [-0.2, 0) is 0 Å². The summed E-state index contributed by atoms with van der Waals surface area (Å²) >= 11 is 9.58. The van der Waals surface area contributed by atoms with Crippen LogP contribution in [0, 0.1) is 0 Å². The molecule has 118 valence electrons. The van der Waals surface area contributed by atoms with Gasteiger partial charge in [-0.3, -0.25) is 0 Å². The Morgan fingerprint density at radius 2 is 1.67 bits per heavy atom. The summed E-state index contributed by atoms with van der Waals surface area (Å²) in [5.74, 6) is 0.528. The van der Waals surface area contributed by atoms with Crippen molar-refractivity contribution in [3.8, 4) is 22.5 Å². The van der Waals surface area contributed by atoms with Crippen LogP contribution in [0.2, 0.25) is 5.02 Å². The van der Waals surface area contributed by atoms with E-state index in [2.05, 4.69) is 21.0 Å². The molecule has 0 aliphatic heterocycles. The van der Waals surface area contributed by atoms with E-state index in [-0.39, 0.29) is 0 Å². The Labute approximate surface area is 152 Å². The Hall–Kier alpha value is -2.37. The van der Waals surface area contributed by atoms with E-state index in [9.17, 15) is 0 Å². The topological polar surface area (TPSA) is 56.2 Å². The highest BCUT2D eigenvalue weighted by molar-refractivity contribution is 9.10. The number of nitrogens with zero attached hydrogens (tertiary/aromatic N) is 3. The molecule has 0 fully saturated rings. The summed E-state index contributed by atoms with van der Waals surface area (Å²) in [6.45, 7) is 0. The van der Waals surface area contributed by atoms with E-state index in [0.717, 1.165) is 27.0 Å². The number of halogens is 2. The minimum atomic E-state index is 0.528. The minimum absolute atomic E-state index is 0.528. The number of fused-ring (bicyclic) bond motifs is 1. The number of nitrogen functional groups attached to an aromatic ring is 1. The normalized spacial score (nSPS) is 11.1. The van der Waals surface area contributed by atoms with Crippen LogP contribution >= 0.6 is 27.5 Å². The first kappa shape index (κ1) is 15.2. The predicted octanol–water partition coefficient (Wildman–Crippen LogP) is 5.06. The van der Waals surface area contributed by atoms with Gasteiger partial charge in [0.25, 0.3) is 0 Å². The third kappa shape index (κ3) is 2.56. The lowest BCUT2D eigenvalue weighted by Gasteiger charge is -2.04. The number of aromatic nitrogens is 3. The van der Waals surface area contributed by atoms with Gasteiger partial charge in [0.05, 0.1) is 10.2 Å². The van der Waals surface area contributed by atoms with Crippen molar-refractivity contribution in [2.24, 2.45) is 0 Å². The molecule has 0 bridgehead atoms. The first-order chi connectivity index (χ1) is 11.6. The average molecular weight is 400 g/mol. The highest BCUT2D eigenvalue weighted by Gasteiger charge is 2.16. The van der Waals surface area contributed by atoms with Gasteiger partial charge in [-0.1, -0.05) is 54.1 Å². The average Bonchev–Trinajstić information content (AvgIpc) is 2.94. The lowest BCUT2D eigenvalue weighted by Crippen LogP contribution is -2.01. The molecule has 2 aromatic heterocycles. The number of hydrogen-bond acceptors (Lipinski definition) is 3. The van der Waals surface area contributed by atoms with Crippen molar-refractivity contribution >= 4 is 39.0 Å². The molecule has 0 atom stereocenters. The minimum Gasteiger partial charge on any atom is -0.384 e. The monoisotopic (exact) mass is 398 g/mol. The maximum absolute atomic E-state index is 6.20. The van der Waals surface area contributed by atoms with Crippen molar-refractivity contribution in [1.82, 2.24) is 14.6 Å². The molecule has 0 amide bonds. The fourth-order valence-electron chi connectivity index (χ4n) is 2.56. The third-order valence-corrected chi connectivity index (χ3v) is 4.73. The van der Waals surface area contributed by atoms with Crippen LogP contribution in [0.5, 0.6) is 0 Å². The zero-order chi connectivity index (χ0) is 16.7. The van der Waals surface area contributed by atoms with E-state index in [0.29, 0.717) is 16.5 Å². The van der Waals surface area contributed by atoms with Crippen LogP contribution < -0.4 is 5.73 Å².